The number of ether oxygens (including phenoxy) is 1. The molecule has 2 aliphatic rings. The molecule has 32 heavy (non-hydrogen) atoms. The van der Waals surface area contributed by atoms with Crippen LogP contribution in [-0.4, -0.2) is 64.5 Å². The zero-order chi connectivity index (χ0) is 21.6. The minimum absolute atomic E-state index is 0. The second-order valence-corrected chi connectivity index (χ2v) is 9.83. The first-order valence-electron chi connectivity index (χ1n) is 11.4. The normalized spacial score (nSPS) is 19.0. The Labute approximate surface area is 212 Å². The van der Waals surface area contributed by atoms with Gasteiger partial charge in [0.25, 0.3) is 0 Å². The number of guanidine groups is 1. The summed E-state index contributed by atoms with van der Waals surface area (Å²) in [5, 5.41) is 15.8. The maximum absolute atomic E-state index is 5.60. The van der Waals surface area contributed by atoms with Gasteiger partial charge in [-0.25, -0.2) is 4.99 Å². The Bertz CT molecular complexity index is 872. The summed E-state index contributed by atoms with van der Waals surface area (Å²) in [5.41, 5.74) is 0. The van der Waals surface area contributed by atoms with Crippen LogP contribution in [0.5, 0.6) is 0 Å². The highest BCUT2D eigenvalue weighted by molar-refractivity contribution is 14.0. The number of aryl methyl sites for hydroxylation is 2. The lowest BCUT2D eigenvalue weighted by Gasteiger charge is -2.34. The molecule has 8 nitrogen and oxygen atoms in total. The van der Waals surface area contributed by atoms with Crippen molar-refractivity contribution in [3.63, 3.8) is 0 Å². The van der Waals surface area contributed by atoms with Crippen LogP contribution in [-0.2, 0) is 18.3 Å². The molecule has 2 N–H and O–H groups in total. The van der Waals surface area contributed by atoms with E-state index in [1.807, 2.05) is 29.9 Å². The minimum Gasteiger partial charge on any atom is -0.379 e. The van der Waals surface area contributed by atoms with E-state index in [1.165, 1.54) is 35.4 Å². The summed E-state index contributed by atoms with van der Waals surface area (Å²) >= 11 is 1.88. The number of thiophene rings is 1. The second kappa shape index (κ2) is 12.3. The molecule has 2 aromatic heterocycles. The Kier molecular flexibility index (Phi) is 9.75. The van der Waals surface area contributed by atoms with Gasteiger partial charge in [0.15, 0.2) is 11.8 Å². The zero-order valence-electron chi connectivity index (χ0n) is 19.3. The molecular formula is C22H36IN7OS. The average Bonchev–Trinajstić information content (AvgIpc) is 3.51. The molecule has 1 aliphatic heterocycles. The molecule has 0 radical (unpaired) electrons. The molecule has 0 spiro atoms. The Morgan fingerprint density at radius 2 is 1.97 bits per heavy atom. The third-order valence-electron chi connectivity index (χ3n) is 6.30. The highest BCUT2D eigenvalue weighted by Crippen LogP contribution is 2.28. The molecule has 0 aromatic carbocycles. The van der Waals surface area contributed by atoms with Gasteiger partial charge in [0.2, 0.25) is 0 Å². The fourth-order valence-corrected chi connectivity index (χ4v) is 5.29. The molecule has 2 fully saturated rings. The Hall–Kier alpha value is -1.24. The van der Waals surface area contributed by atoms with Crippen molar-refractivity contribution in [2.75, 3.05) is 32.8 Å². The van der Waals surface area contributed by atoms with Crippen LogP contribution in [0.25, 0.3) is 0 Å². The number of nitrogens with zero attached hydrogens (tertiary/aromatic N) is 5. The lowest BCUT2D eigenvalue weighted by Crippen LogP contribution is -2.47. The van der Waals surface area contributed by atoms with Gasteiger partial charge in [-0.2, -0.15) is 0 Å². The van der Waals surface area contributed by atoms with E-state index in [1.54, 1.807) is 0 Å². The number of aromatic nitrogens is 3. The zero-order valence-corrected chi connectivity index (χ0v) is 22.5. The third kappa shape index (κ3) is 6.64. The number of rotatable bonds is 7. The average molecular weight is 574 g/mol. The minimum atomic E-state index is 0. The summed E-state index contributed by atoms with van der Waals surface area (Å²) in [6.45, 7) is 8.99. The molecule has 178 valence electrons. The maximum Gasteiger partial charge on any atom is 0.191 e. The van der Waals surface area contributed by atoms with E-state index < -0.39 is 0 Å². The van der Waals surface area contributed by atoms with E-state index in [-0.39, 0.29) is 24.0 Å². The van der Waals surface area contributed by atoms with Crippen molar-refractivity contribution in [1.29, 1.82) is 0 Å². The summed E-state index contributed by atoms with van der Waals surface area (Å²) in [5.74, 6) is 2.66. The Morgan fingerprint density at radius 1 is 1.22 bits per heavy atom. The van der Waals surface area contributed by atoms with Crippen LogP contribution in [0.1, 0.15) is 53.1 Å². The van der Waals surface area contributed by atoms with Gasteiger partial charge in [0.1, 0.15) is 12.4 Å². The van der Waals surface area contributed by atoms with Crippen molar-refractivity contribution >= 4 is 41.3 Å². The monoisotopic (exact) mass is 573 g/mol. The highest BCUT2D eigenvalue weighted by atomic mass is 127. The van der Waals surface area contributed by atoms with Gasteiger partial charge in [0, 0.05) is 42.5 Å². The SMILES string of the molecule is Cc1ccc(C(CNC(=NCc2nnc(C)n2C)NC2CCCC2)N2CCOCC2)s1.I. The lowest BCUT2D eigenvalue weighted by atomic mass is 10.2. The molecule has 3 heterocycles. The molecule has 1 unspecified atom stereocenters. The third-order valence-corrected chi connectivity index (χ3v) is 7.40. The topological polar surface area (TPSA) is 79.6 Å². The number of morpholine rings is 1. The van der Waals surface area contributed by atoms with Crippen LogP contribution in [0.2, 0.25) is 0 Å². The van der Waals surface area contributed by atoms with Crippen molar-refractivity contribution in [2.24, 2.45) is 12.0 Å². The fourth-order valence-electron chi connectivity index (χ4n) is 4.28. The number of aliphatic imine (C=N–C) groups is 1. The first-order chi connectivity index (χ1) is 15.1. The summed E-state index contributed by atoms with van der Waals surface area (Å²) in [4.78, 5) is 10.2. The number of hydrogen-bond acceptors (Lipinski definition) is 6. The molecular weight excluding hydrogens is 537 g/mol. The molecule has 1 saturated carbocycles. The van der Waals surface area contributed by atoms with Gasteiger partial charge < -0.3 is 19.9 Å². The highest BCUT2D eigenvalue weighted by Gasteiger charge is 2.25. The van der Waals surface area contributed by atoms with Crippen molar-refractivity contribution in [3.05, 3.63) is 33.5 Å². The van der Waals surface area contributed by atoms with Gasteiger partial charge in [-0.1, -0.05) is 12.8 Å². The fraction of sp³-hybridized carbons (Fsp3) is 0.682. The number of hydrogen-bond donors (Lipinski definition) is 2. The van der Waals surface area contributed by atoms with Crippen molar-refractivity contribution < 1.29 is 4.74 Å². The predicted molar refractivity (Wildman–Crippen MR) is 140 cm³/mol. The maximum atomic E-state index is 5.60. The second-order valence-electron chi connectivity index (χ2n) is 8.51. The molecule has 0 amide bonds. The van der Waals surface area contributed by atoms with Crippen LogP contribution in [0, 0.1) is 13.8 Å². The van der Waals surface area contributed by atoms with E-state index in [9.17, 15) is 0 Å². The molecule has 1 atom stereocenters. The van der Waals surface area contributed by atoms with Crippen molar-refractivity contribution in [2.45, 2.75) is 58.2 Å². The lowest BCUT2D eigenvalue weighted by molar-refractivity contribution is 0.0177. The van der Waals surface area contributed by atoms with E-state index in [2.05, 4.69) is 44.8 Å². The largest absolute Gasteiger partial charge is 0.379 e. The first-order valence-corrected chi connectivity index (χ1v) is 12.2. The molecule has 0 bridgehead atoms. The van der Waals surface area contributed by atoms with E-state index in [0.29, 0.717) is 18.6 Å². The van der Waals surface area contributed by atoms with E-state index >= 15 is 0 Å². The van der Waals surface area contributed by atoms with Crippen LogP contribution in [0.4, 0.5) is 0 Å². The van der Waals surface area contributed by atoms with E-state index in [0.717, 1.165) is 50.5 Å². The van der Waals surface area contributed by atoms with Crippen LogP contribution in [0.15, 0.2) is 17.1 Å². The van der Waals surface area contributed by atoms with Crippen molar-refractivity contribution in [1.82, 2.24) is 30.3 Å². The summed E-state index contributed by atoms with van der Waals surface area (Å²) < 4.78 is 7.60. The van der Waals surface area contributed by atoms with Crippen LogP contribution in [0.3, 0.4) is 0 Å². The number of nitrogens with one attached hydrogen (secondary N) is 2. The Morgan fingerprint density at radius 3 is 2.59 bits per heavy atom. The summed E-state index contributed by atoms with van der Waals surface area (Å²) in [6.07, 6.45) is 5.00. The summed E-state index contributed by atoms with van der Waals surface area (Å²) in [6, 6.07) is 5.30. The molecule has 1 saturated heterocycles. The van der Waals surface area contributed by atoms with Gasteiger partial charge in [-0.15, -0.1) is 45.5 Å². The quantitative estimate of drug-likeness (QED) is 0.301. The van der Waals surface area contributed by atoms with Gasteiger partial charge in [-0.05, 0) is 38.8 Å². The smallest absolute Gasteiger partial charge is 0.191 e. The molecule has 10 heteroatoms. The van der Waals surface area contributed by atoms with Crippen LogP contribution >= 0.6 is 35.3 Å². The molecule has 2 aromatic rings. The number of halogens is 1. The predicted octanol–water partition coefficient (Wildman–Crippen LogP) is 3.16. The van der Waals surface area contributed by atoms with E-state index in [4.69, 9.17) is 9.73 Å². The van der Waals surface area contributed by atoms with Crippen LogP contribution < -0.4 is 10.6 Å². The first kappa shape index (κ1) is 25.4. The van der Waals surface area contributed by atoms with Gasteiger partial charge in [0.05, 0.1) is 19.3 Å². The van der Waals surface area contributed by atoms with Gasteiger partial charge in [-0.3, -0.25) is 4.90 Å². The standard InChI is InChI=1S/C22H35N7OS.HI/c1-16-8-9-20(31-16)19(29-10-12-30-13-11-29)14-23-22(25-18-6-4-5-7-18)24-15-21-27-26-17(2)28(21)3;/h8-9,18-19H,4-7,10-15H2,1-3H3,(H2,23,24,25);1H. The summed E-state index contributed by atoms with van der Waals surface area (Å²) in [7, 11) is 1.99. The molecule has 1 aliphatic carbocycles. The Balaban J connectivity index is 0.00000289. The molecule has 4 rings (SSSR count). The van der Waals surface area contributed by atoms with Gasteiger partial charge >= 0.3 is 0 Å². The van der Waals surface area contributed by atoms with Crippen molar-refractivity contribution in [3.8, 4) is 0 Å².